The SMILES string of the molecule is CCOC(=O)[C@@H](OP(=O)(c1ccccc1)C(NC(=O)CNC(=O)OCc1ccccc1)c1ccc(C)cc1)c1ccccc1. The number of hydrogen-bond acceptors (Lipinski definition) is 7. The number of carbonyl (C=O) groups is 3. The molecule has 3 atom stereocenters. The van der Waals surface area contributed by atoms with Crippen LogP contribution in [0.1, 0.15) is 41.1 Å². The van der Waals surface area contributed by atoms with Crippen LogP contribution in [0.2, 0.25) is 0 Å². The van der Waals surface area contributed by atoms with E-state index in [2.05, 4.69) is 10.6 Å². The molecule has 228 valence electrons. The highest BCUT2D eigenvalue weighted by molar-refractivity contribution is 7.67. The number of rotatable bonds is 13. The van der Waals surface area contributed by atoms with Crippen molar-refractivity contribution in [1.82, 2.24) is 10.6 Å². The quantitative estimate of drug-likeness (QED) is 0.141. The fraction of sp³-hybridized carbons (Fsp3) is 0.206. The standard InChI is InChI=1S/C34H35N2O7P/c1-3-41-33(38)31(27-15-9-5-10-16-27)43-44(40,29-17-11-6-12-18-29)32(28-21-19-25(2)20-22-28)36-30(37)23-35-34(39)42-24-26-13-7-4-8-14-26/h4-22,31-32H,3,23-24H2,1-2H3,(H,35,39)(H,36,37)/t31-,32?,44?/m0/s1. The summed E-state index contributed by atoms with van der Waals surface area (Å²) in [6.45, 7) is 3.24. The number of alkyl carbamates (subject to hydrolysis) is 1. The van der Waals surface area contributed by atoms with Crippen molar-refractivity contribution >= 4 is 30.6 Å². The van der Waals surface area contributed by atoms with Gasteiger partial charge in [-0.2, -0.15) is 0 Å². The molecule has 0 spiro atoms. The first-order valence-corrected chi connectivity index (χ1v) is 15.9. The lowest BCUT2D eigenvalue weighted by Gasteiger charge is -2.32. The summed E-state index contributed by atoms with van der Waals surface area (Å²) < 4.78 is 32.1. The van der Waals surface area contributed by atoms with Crippen molar-refractivity contribution in [3.63, 3.8) is 0 Å². The molecule has 0 fully saturated rings. The summed E-state index contributed by atoms with van der Waals surface area (Å²) in [6.07, 6.45) is -2.14. The Morgan fingerprint density at radius 1 is 0.750 bits per heavy atom. The summed E-state index contributed by atoms with van der Waals surface area (Å²) in [4.78, 5) is 38.8. The number of amides is 2. The van der Waals surface area contributed by atoms with Crippen LogP contribution in [-0.2, 0) is 34.8 Å². The molecule has 0 aliphatic heterocycles. The van der Waals surface area contributed by atoms with E-state index in [9.17, 15) is 14.4 Å². The van der Waals surface area contributed by atoms with E-state index in [1.807, 2.05) is 49.4 Å². The van der Waals surface area contributed by atoms with E-state index in [-0.39, 0.29) is 18.5 Å². The monoisotopic (exact) mass is 614 g/mol. The molecule has 2 N–H and O–H groups in total. The smallest absolute Gasteiger partial charge is 0.407 e. The maximum Gasteiger partial charge on any atom is 0.407 e. The molecule has 2 amide bonds. The number of nitrogens with one attached hydrogen (secondary N) is 2. The van der Waals surface area contributed by atoms with Crippen LogP contribution in [0.3, 0.4) is 0 Å². The summed E-state index contributed by atoms with van der Waals surface area (Å²) in [5, 5.41) is 5.52. The van der Waals surface area contributed by atoms with Gasteiger partial charge in [0.25, 0.3) is 7.37 Å². The van der Waals surface area contributed by atoms with Gasteiger partial charge in [-0.25, -0.2) is 9.59 Å². The summed E-state index contributed by atoms with van der Waals surface area (Å²) in [7, 11) is -4.15. The van der Waals surface area contributed by atoms with E-state index >= 15 is 4.57 Å². The Labute approximate surface area is 257 Å². The van der Waals surface area contributed by atoms with Crippen LogP contribution in [0, 0.1) is 6.92 Å². The first-order valence-electron chi connectivity index (χ1n) is 14.2. The fourth-order valence-corrected chi connectivity index (χ4v) is 6.92. The van der Waals surface area contributed by atoms with Gasteiger partial charge < -0.3 is 24.6 Å². The van der Waals surface area contributed by atoms with E-state index in [0.717, 1.165) is 11.1 Å². The van der Waals surface area contributed by atoms with E-state index in [0.29, 0.717) is 11.1 Å². The van der Waals surface area contributed by atoms with Crippen molar-refractivity contribution in [3.05, 3.63) is 138 Å². The molecule has 0 saturated heterocycles. The third kappa shape index (κ3) is 8.66. The fourth-order valence-electron chi connectivity index (χ4n) is 4.39. The molecule has 0 aliphatic carbocycles. The first kappa shape index (κ1) is 32.2. The van der Waals surface area contributed by atoms with Crippen LogP contribution in [-0.4, -0.2) is 31.1 Å². The van der Waals surface area contributed by atoms with Crippen LogP contribution in [0.25, 0.3) is 0 Å². The van der Waals surface area contributed by atoms with Gasteiger partial charge in [0.05, 0.1) is 6.61 Å². The molecule has 0 bridgehead atoms. The van der Waals surface area contributed by atoms with E-state index < -0.39 is 43.8 Å². The van der Waals surface area contributed by atoms with Gasteiger partial charge in [0.15, 0.2) is 6.10 Å². The summed E-state index contributed by atoms with van der Waals surface area (Å²) in [5.41, 5.74) is 2.67. The number of aryl methyl sites for hydroxylation is 1. The lowest BCUT2D eigenvalue weighted by molar-refractivity contribution is -0.151. The van der Waals surface area contributed by atoms with Crippen LogP contribution in [0.15, 0.2) is 115 Å². The molecular weight excluding hydrogens is 579 g/mol. The van der Waals surface area contributed by atoms with Gasteiger partial charge in [0.1, 0.15) is 18.9 Å². The number of esters is 1. The Morgan fingerprint density at radius 2 is 1.34 bits per heavy atom. The van der Waals surface area contributed by atoms with Crippen LogP contribution >= 0.6 is 7.37 Å². The highest BCUT2D eigenvalue weighted by Crippen LogP contribution is 2.60. The summed E-state index contributed by atoms with van der Waals surface area (Å²) in [6, 6.07) is 33.3. The molecule has 0 saturated carbocycles. The topological polar surface area (TPSA) is 120 Å². The molecular formula is C34H35N2O7P. The number of ether oxygens (including phenoxy) is 2. The minimum Gasteiger partial charge on any atom is -0.464 e. The average molecular weight is 615 g/mol. The normalized spacial score (nSPS) is 13.5. The third-order valence-electron chi connectivity index (χ3n) is 6.62. The van der Waals surface area contributed by atoms with Gasteiger partial charge in [0.2, 0.25) is 5.91 Å². The number of carbonyl (C=O) groups excluding carboxylic acids is 3. The highest BCUT2D eigenvalue weighted by atomic mass is 31.2. The van der Waals surface area contributed by atoms with Gasteiger partial charge in [-0.15, -0.1) is 0 Å². The van der Waals surface area contributed by atoms with Gasteiger partial charge in [-0.1, -0.05) is 109 Å². The minimum absolute atomic E-state index is 0.0338. The molecule has 9 nitrogen and oxygen atoms in total. The zero-order chi connectivity index (χ0) is 31.4. The Morgan fingerprint density at radius 3 is 1.95 bits per heavy atom. The molecule has 2 unspecified atom stereocenters. The molecule has 4 aromatic carbocycles. The highest BCUT2D eigenvalue weighted by Gasteiger charge is 2.43. The van der Waals surface area contributed by atoms with Crippen LogP contribution in [0.4, 0.5) is 4.79 Å². The van der Waals surface area contributed by atoms with E-state index in [1.165, 1.54) is 0 Å². The van der Waals surface area contributed by atoms with Crippen molar-refractivity contribution < 1.29 is 32.9 Å². The number of benzene rings is 4. The number of hydrogen-bond donors (Lipinski definition) is 2. The first-order chi connectivity index (χ1) is 21.3. The molecule has 0 aliphatic rings. The minimum atomic E-state index is -4.15. The molecule has 0 radical (unpaired) electrons. The van der Waals surface area contributed by atoms with Gasteiger partial charge in [-0.3, -0.25) is 9.36 Å². The Kier molecular flexibility index (Phi) is 11.5. The summed E-state index contributed by atoms with van der Waals surface area (Å²) in [5.74, 6) is -2.58. The van der Waals surface area contributed by atoms with Crippen molar-refractivity contribution in [2.45, 2.75) is 32.3 Å². The maximum absolute atomic E-state index is 15.3. The average Bonchev–Trinajstić information content (AvgIpc) is 3.06. The van der Waals surface area contributed by atoms with Gasteiger partial charge in [0, 0.05) is 5.30 Å². The second-order valence-electron chi connectivity index (χ2n) is 9.88. The van der Waals surface area contributed by atoms with E-state index in [4.69, 9.17) is 14.0 Å². The van der Waals surface area contributed by atoms with Crippen LogP contribution < -0.4 is 15.9 Å². The third-order valence-corrected chi connectivity index (χ3v) is 9.27. The second-order valence-corrected chi connectivity index (χ2v) is 12.3. The lowest BCUT2D eigenvalue weighted by atomic mass is 10.1. The van der Waals surface area contributed by atoms with Gasteiger partial charge >= 0.3 is 12.1 Å². The lowest BCUT2D eigenvalue weighted by Crippen LogP contribution is -2.40. The zero-order valence-corrected chi connectivity index (χ0v) is 25.4. The Bertz CT molecular complexity index is 1570. The van der Waals surface area contributed by atoms with Crippen molar-refractivity contribution in [2.24, 2.45) is 0 Å². The van der Waals surface area contributed by atoms with Crippen LogP contribution in [0.5, 0.6) is 0 Å². The Hall–Kier alpha value is -4.72. The molecule has 44 heavy (non-hydrogen) atoms. The second kappa shape index (κ2) is 15.7. The molecule has 4 aromatic rings. The predicted octanol–water partition coefficient (Wildman–Crippen LogP) is 5.96. The largest absolute Gasteiger partial charge is 0.464 e. The maximum atomic E-state index is 15.3. The predicted molar refractivity (Wildman–Crippen MR) is 167 cm³/mol. The Balaban J connectivity index is 1.65. The molecule has 0 heterocycles. The van der Waals surface area contributed by atoms with Gasteiger partial charge in [-0.05, 0) is 42.7 Å². The van der Waals surface area contributed by atoms with E-state index in [1.54, 1.807) is 79.7 Å². The van der Waals surface area contributed by atoms with Crippen molar-refractivity contribution in [2.75, 3.05) is 13.2 Å². The molecule has 0 aromatic heterocycles. The molecule has 10 heteroatoms. The molecule has 4 rings (SSSR count). The summed E-state index contributed by atoms with van der Waals surface area (Å²) >= 11 is 0. The van der Waals surface area contributed by atoms with Crippen molar-refractivity contribution in [1.29, 1.82) is 0 Å². The zero-order valence-electron chi connectivity index (χ0n) is 24.6. The van der Waals surface area contributed by atoms with Crippen molar-refractivity contribution in [3.8, 4) is 0 Å².